The maximum Gasteiger partial charge on any atom is 0.407 e. The van der Waals surface area contributed by atoms with Gasteiger partial charge in [0.25, 0.3) is 0 Å². The first-order valence-electron chi connectivity index (χ1n) is 9.75. The molecule has 1 aliphatic heterocycles. The number of alkyl carbamates (subject to hydrolysis) is 1. The van der Waals surface area contributed by atoms with E-state index >= 15 is 0 Å². The summed E-state index contributed by atoms with van der Waals surface area (Å²) in [6.07, 6.45) is 3.64. The van der Waals surface area contributed by atoms with E-state index in [2.05, 4.69) is 10.3 Å². The molecule has 7 heteroatoms. The fourth-order valence-corrected chi connectivity index (χ4v) is 2.75. The first kappa shape index (κ1) is 20.9. The van der Waals surface area contributed by atoms with E-state index in [4.69, 9.17) is 18.9 Å². The Morgan fingerprint density at radius 3 is 2.45 bits per heavy atom. The summed E-state index contributed by atoms with van der Waals surface area (Å²) in [4.78, 5) is 16.1. The highest BCUT2D eigenvalue weighted by molar-refractivity contribution is 5.68. The number of carbonyl (C=O) groups excluding carboxylic acids is 1. The zero-order valence-electron chi connectivity index (χ0n) is 17.1. The number of benzene rings is 1. The van der Waals surface area contributed by atoms with Gasteiger partial charge < -0.3 is 24.3 Å². The molecule has 1 amide bonds. The van der Waals surface area contributed by atoms with Crippen LogP contribution < -0.4 is 14.8 Å². The van der Waals surface area contributed by atoms with Gasteiger partial charge >= 0.3 is 6.09 Å². The van der Waals surface area contributed by atoms with Gasteiger partial charge in [-0.2, -0.15) is 0 Å². The van der Waals surface area contributed by atoms with Gasteiger partial charge in [0.05, 0.1) is 18.8 Å². The maximum absolute atomic E-state index is 12.1. The van der Waals surface area contributed by atoms with Crippen molar-refractivity contribution in [3.8, 4) is 11.5 Å². The van der Waals surface area contributed by atoms with Gasteiger partial charge in [0.2, 0.25) is 0 Å². The van der Waals surface area contributed by atoms with E-state index in [-0.39, 0.29) is 12.1 Å². The molecule has 1 N–H and O–H groups in total. The Bertz CT molecular complexity index is 770. The Morgan fingerprint density at radius 1 is 1.17 bits per heavy atom. The molecule has 2 atom stereocenters. The summed E-state index contributed by atoms with van der Waals surface area (Å²) in [7, 11) is 0. The molecule has 3 rings (SSSR count). The van der Waals surface area contributed by atoms with Gasteiger partial charge in [-0.05, 0) is 57.0 Å². The molecule has 29 heavy (non-hydrogen) atoms. The SMILES string of the molecule is CC(C)(C)OC(=O)N[C@@H](Cc1ccc(OCCOc2cccnc2)cc1)[C@H]1CO1. The van der Waals surface area contributed by atoms with E-state index in [9.17, 15) is 4.79 Å². The summed E-state index contributed by atoms with van der Waals surface area (Å²) in [5.41, 5.74) is 0.555. The smallest absolute Gasteiger partial charge is 0.407 e. The number of nitrogens with one attached hydrogen (secondary N) is 1. The predicted octanol–water partition coefficient (Wildman–Crippen LogP) is 3.37. The average Bonchev–Trinajstić information content (AvgIpc) is 3.50. The lowest BCUT2D eigenvalue weighted by atomic mass is 10.0. The van der Waals surface area contributed by atoms with Gasteiger partial charge in [0.1, 0.15) is 36.4 Å². The van der Waals surface area contributed by atoms with Crippen molar-refractivity contribution >= 4 is 6.09 Å². The molecule has 0 spiro atoms. The van der Waals surface area contributed by atoms with Crippen LogP contribution in [0.25, 0.3) is 0 Å². The van der Waals surface area contributed by atoms with Crippen LogP contribution in [0.5, 0.6) is 11.5 Å². The number of epoxide rings is 1. The number of rotatable bonds is 9. The lowest BCUT2D eigenvalue weighted by Crippen LogP contribution is -2.43. The minimum Gasteiger partial charge on any atom is -0.490 e. The van der Waals surface area contributed by atoms with E-state index < -0.39 is 11.7 Å². The Balaban J connectivity index is 1.44. The van der Waals surface area contributed by atoms with Crippen molar-refractivity contribution in [3.63, 3.8) is 0 Å². The predicted molar refractivity (Wildman–Crippen MR) is 108 cm³/mol. The quantitative estimate of drug-likeness (QED) is 0.513. The molecule has 7 nitrogen and oxygen atoms in total. The molecule has 2 heterocycles. The number of pyridine rings is 1. The third kappa shape index (κ3) is 7.62. The average molecular weight is 400 g/mol. The number of hydrogen-bond acceptors (Lipinski definition) is 6. The molecule has 0 unspecified atom stereocenters. The molecule has 0 radical (unpaired) electrons. The van der Waals surface area contributed by atoms with E-state index in [0.29, 0.717) is 26.2 Å². The number of amides is 1. The van der Waals surface area contributed by atoms with Crippen LogP contribution in [0.4, 0.5) is 4.79 Å². The van der Waals surface area contributed by atoms with Crippen LogP contribution in [-0.4, -0.2) is 48.6 Å². The molecule has 156 valence electrons. The molecular formula is C22H28N2O5. The summed E-state index contributed by atoms with van der Waals surface area (Å²) >= 11 is 0. The third-order valence-corrected chi connectivity index (χ3v) is 4.14. The highest BCUT2D eigenvalue weighted by Gasteiger charge is 2.34. The van der Waals surface area contributed by atoms with Crippen molar-refractivity contribution < 1.29 is 23.7 Å². The topological polar surface area (TPSA) is 82.2 Å². The van der Waals surface area contributed by atoms with Crippen molar-refractivity contribution in [1.82, 2.24) is 10.3 Å². The summed E-state index contributed by atoms with van der Waals surface area (Å²) in [6, 6.07) is 11.4. The van der Waals surface area contributed by atoms with E-state index in [1.54, 1.807) is 12.4 Å². The summed E-state index contributed by atoms with van der Waals surface area (Å²) in [5, 5.41) is 2.92. The molecule has 0 bridgehead atoms. The highest BCUT2D eigenvalue weighted by Crippen LogP contribution is 2.20. The van der Waals surface area contributed by atoms with Crippen LogP contribution in [0.15, 0.2) is 48.8 Å². The molecule has 1 aromatic carbocycles. The number of nitrogens with zero attached hydrogens (tertiary/aromatic N) is 1. The first-order chi connectivity index (χ1) is 13.9. The minimum absolute atomic E-state index is 0.0306. The normalized spacial score (nSPS) is 16.6. The Morgan fingerprint density at radius 2 is 1.86 bits per heavy atom. The van der Waals surface area contributed by atoms with Gasteiger partial charge in [-0.3, -0.25) is 4.98 Å². The van der Waals surface area contributed by atoms with Crippen molar-refractivity contribution in [2.75, 3.05) is 19.8 Å². The maximum atomic E-state index is 12.1. The van der Waals surface area contributed by atoms with E-state index in [0.717, 1.165) is 17.1 Å². The fourth-order valence-electron chi connectivity index (χ4n) is 2.75. The summed E-state index contributed by atoms with van der Waals surface area (Å²) < 4.78 is 22.0. The number of carbonyl (C=O) groups is 1. The largest absolute Gasteiger partial charge is 0.490 e. The van der Waals surface area contributed by atoms with E-state index in [1.807, 2.05) is 57.2 Å². The van der Waals surface area contributed by atoms with E-state index in [1.165, 1.54) is 0 Å². The molecule has 2 aromatic rings. The number of ether oxygens (including phenoxy) is 4. The van der Waals surface area contributed by atoms with Crippen molar-refractivity contribution in [2.24, 2.45) is 0 Å². The Hall–Kier alpha value is -2.80. The van der Waals surface area contributed by atoms with Crippen molar-refractivity contribution in [2.45, 2.75) is 44.9 Å². The van der Waals surface area contributed by atoms with Crippen LogP contribution in [0, 0.1) is 0 Å². The number of hydrogen-bond donors (Lipinski definition) is 1. The van der Waals surface area contributed by atoms with Gasteiger partial charge in [-0.25, -0.2) is 4.79 Å². The van der Waals surface area contributed by atoms with Crippen LogP contribution in [-0.2, 0) is 15.9 Å². The fraction of sp³-hybridized carbons (Fsp3) is 0.455. The molecule has 1 aliphatic rings. The van der Waals surface area contributed by atoms with Gasteiger partial charge in [0, 0.05) is 6.20 Å². The van der Waals surface area contributed by atoms with Crippen molar-refractivity contribution in [1.29, 1.82) is 0 Å². The zero-order valence-corrected chi connectivity index (χ0v) is 17.1. The minimum atomic E-state index is -0.529. The monoisotopic (exact) mass is 400 g/mol. The second kappa shape index (κ2) is 9.60. The number of aromatic nitrogens is 1. The molecular weight excluding hydrogens is 372 g/mol. The second-order valence-corrected chi connectivity index (χ2v) is 7.86. The Kier molecular flexibility index (Phi) is 6.93. The first-order valence-corrected chi connectivity index (χ1v) is 9.75. The molecule has 1 fully saturated rings. The lowest BCUT2D eigenvalue weighted by molar-refractivity contribution is 0.0495. The van der Waals surface area contributed by atoms with Crippen LogP contribution in [0.1, 0.15) is 26.3 Å². The van der Waals surface area contributed by atoms with Crippen LogP contribution in [0.2, 0.25) is 0 Å². The summed E-state index contributed by atoms with van der Waals surface area (Å²) in [6.45, 7) is 7.06. The third-order valence-electron chi connectivity index (χ3n) is 4.14. The van der Waals surface area contributed by atoms with Gasteiger partial charge in [0.15, 0.2) is 0 Å². The van der Waals surface area contributed by atoms with Crippen LogP contribution >= 0.6 is 0 Å². The lowest BCUT2D eigenvalue weighted by Gasteiger charge is -2.23. The van der Waals surface area contributed by atoms with Gasteiger partial charge in [-0.1, -0.05) is 12.1 Å². The molecule has 1 saturated heterocycles. The zero-order chi connectivity index (χ0) is 20.7. The van der Waals surface area contributed by atoms with Crippen LogP contribution in [0.3, 0.4) is 0 Å². The van der Waals surface area contributed by atoms with Gasteiger partial charge in [-0.15, -0.1) is 0 Å². The standard InChI is InChI=1S/C22H28N2O5/c1-22(2,3)29-21(25)24-19(20-15-28-20)13-16-6-8-17(9-7-16)26-11-12-27-18-5-4-10-23-14-18/h4-10,14,19-20H,11-13,15H2,1-3H3,(H,24,25)/t19-,20+/m0/s1. The molecule has 0 aliphatic carbocycles. The second-order valence-electron chi connectivity index (χ2n) is 7.86. The van der Waals surface area contributed by atoms with Crippen molar-refractivity contribution in [3.05, 3.63) is 54.4 Å². The molecule has 1 aromatic heterocycles. The highest BCUT2D eigenvalue weighted by atomic mass is 16.6. The summed E-state index contributed by atoms with van der Waals surface area (Å²) in [5.74, 6) is 1.49. The molecule has 0 saturated carbocycles. The Labute approximate surface area is 171 Å².